The van der Waals surface area contributed by atoms with E-state index in [0.717, 1.165) is 27.6 Å². The number of nitrogens with two attached hydrogens (primary N) is 1. The van der Waals surface area contributed by atoms with Crippen molar-refractivity contribution in [3.63, 3.8) is 0 Å². The lowest BCUT2D eigenvalue weighted by molar-refractivity contribution is -0.147. The highest BCUT2D eigenvalue weighted by molar-refractivity contribution is 7.18. The van der Waals surface area contributed by atoms with Crippen molar-refractivity contribution < 1.29 is 13.2 Å². The number of hydrogen-bond acceptors (Lipinski definition) is 8. The molecule has 4 heterocycles. The largest absolute Gasteiger partial charge is 0.451 e. The van der Waals surface area contributed by atoms with Gasteiger partial charge in [-0.2, -0.15) is 18.2 Å². The Bertz CT molecular complexity index is 1010. The zero-order chi connectivity index (χ0) is 20.6. The van der Waals surface area contributed by atoms with Gasteiger partial charge in [0.25, 0.3) is 0 Å². The summed E-state index contributed by atoms with van der Waals surface area (Å²) in [5.74, 6) is 0.476. The monoisotopic (exact) mass is 426 g/mol. The van der Waals surface area contributed by atoms with Crippen LogP contribution in [-0.2, 0) is 25.7 Å². The Labute approximate surface area is 169 Å². The molecule has 8 nitrogen and oxygen atoms in total. The molecule has 4 rings (SSSR count). The topological polar surface area (TPSA) is 97.8 Å². The van der Waals surface area contributed by atoms with Crippen molar-refractivity contribution >= 4 is 33.3 Å². The van der Waals surface area contributed by atoms with Crippen molar-refractivity contribution in [3.8, 4) is 0 Å². The van der Waals surface area contributed by atoms with Gasteiger partial charge in [-0.05, 0) is 12.5 Å². The molecule has 0 unspecified atom stereocenters. The van der Waals surface area contributed by atoms with Crippen molar-refractivity contribution in [2.24, 2.45) is 5.73 Å². The number of nitrogens with zero attached hydrogens (tertiary/aromatic N) is 6. The lowest BCUT2D eigenvalue weighted by Crippen LogP contribution is -2.36. The van der Waals surface area contributed by atoms with E-state index in [9.17, 15) is 13.2 Å². The van der Waals surface area contributed by atoms with E-state index in [1.807, 2.05) is 4.90 Å². The van der Waals surface area contributed by atoms with Crippen LogP contribution in [0.1, 0.15) is 29.9 Å². The van der Waals surface area contributed by atoms with Crippen molar-refractivity contribution in [3.05, 3.63) is 22.6 Å². The molecule has 3 aromatic heterocycles. The molecule has 0 aromatic carbocycles. The minimum Gasteiger partial charge on any atom is -0.353 e. The van der Waals surface area contributed by atoms with Crippen LogP contribution in [0.2, 0.25) is 0 Å². The molecule has 0 amide bonds. The highest BCUT2D eigenvalue weighted by atomic mass is 32.1. The first-order chi connectivity index (χ1) is 13.9. The van der Waals surface area contributed by atoms with Crippen LogP contribution in [0.3, 0.4) is 0 Å². The Balaban J connectivity index is 1.71. The Morgan fingerprint density at radius 2 is 2.07 bits per heavy atom. The van der Waals surface area contributed by atoms with Crippen LogP contribution in [-0.4, -0.2) is 44.4 Å². The van der Waals surface area contributed by atoms with E-state index in [2.05, 4.69) is 38.5 Å². The summed E-state index contributed by atoms with van der Waals surface area (Å²) in [5.41, 5.74) is 5.57. The SMILES string of the molecule is CCCc1cc2c(N3CCn4c(nnc4C(F)(F)F)C3)nc(NCCN)nc2s1. The molecular formula is C17H21F3N8S. The van der Waals surface area contributed by atoms with Gasteiger partial charge in [0.2, 0.25) is 11.8 Å². The predicted octanol–water partition coefficient (Wildman–Crippen LogP) is 2.64. The van der Waals surface area contributed by atoms with E-state index in [1.54, 1.807) is 11.3 Å². The van der Waals surface area contributed by atoms with Crippen molar-refractivity contribution in [1.29, 1.82) is 0 Å². The molecule has 3 aromatic rings. The number of hydrogen-bond donors (Lipinski definition) is 2. The normalized spacial score (nSPS) is 14.4. The number of aryl methyl sites for hydroxylation is 1. The first kappa shape index (κ1) is 19.8. The molecule has 3 N–H and O–H groups in total. The van der Waals surface area contributed by atoms with Crippen molar-refractivity contribution in [2.45, 2.75) is 39.0 Å². The standard InChI is InChI=1S/C17H21F3N8S/c1-2-3-10-8-11-13(23-16(22-5-4-21)24-14(11)29-10)27-6-7-28-12(9-27)25-26-15(28)17(18,19)20/h8H,2-7,9,21H2,1H3,(H,22,23,24). The lowest BCUT2D eigenvalue weighted by Gasteiger charge is -2.29. The molecule has 0 atom stereocenters. The summed E-state index contributed by atoms with van der Waals surface area (Å²) in [5, 5.41) is 11.1. The quantitative estimate of drug-likeness (QED) is 0.625. The Morgan fingerprint density at radius 3 is 2.79 bits per heavy atom. The Kier molecular flexibility index (Phi) is 5.30. The average molecular weight is 426 g/mol. The molecular weight excluding hydrogens is 405 g/mol. The number of aromatic nitrogens is 5. The van der Waals surface area contributed by atoms with Gasteiger partial charge in [0.1, 0.15) is 10.6 Å². The summed E-state index contributed by atoms with van der Waals surface area (Å²) < 4.78 is 40.5. The van der Waals surface area contributed by atoms with Crippen LogP contribution >= 0.6 is 11.3 Å². The maximum absolute atomic E-state index is 13.1. The van der Waals surface area contributed by atoms with Gasteiger partial charge in [0, 0.05) is 31.1 Å². The summed E-state index contributed by atoms with van der Waals surface area (Å²) in [6.45, 7) is 3.79. The second-order valence-corrected chi connectivity index (χ2v) is 7.89. The van der Waals surface area contributed by atoms with E-state index >= 15 is 0 Å². The smallest absolute Gasteiger partial charge is 0.353 e. The Morgan fingerprint density at radius 1 is 1.24 bits per heavy atom. The van der Waals surface area contributed by atoms with Gasteiger partial charge < -0.3 is 20.5 Å². The molecule has 0 bridgehead atoms. The van der Waals surface area contributed by atoms with Crippen LogP contribution in [0.15, 0.2) is 6.07 Å². The molecule has 1 aliphatic heterocycles. The fourth-order valence-electron chi connectivity index (χ4n) is 3.38. The maximum atomic E-state index is 13.1. The molecule has 1 aliphatic rings. The predicted molar refractivity (Wildman–Crippen MR) is 105 cm³/mol. The fraction of sp³-hybridized carbons (Fsp3) is 0.529. The van der Waals surface area contributed by atoms with Crippen LogP contribution < -0.4 is 16.0 Å². The van der Waals surface area contributed by atoms with Gasteiger partial charge in [-0.1, -0.05) is 13.3 Å². The van der Waals surface area contributed by atoms with Crippen molar-refractivity contribution in [2.75, 3.05) is 29.9 Å². The number of thiophene rings is 1. The molecule has 0 aliphatic carbocycles. The van der Waals surface area contributed by atoms with Gasteiger partial charge in [-0.3, -0.25) is 0 Å². The maximum Gasteiger partial charge on any atom is 0.451 e. The molecule has 0 spiro atoms. The number of fused-ring (bicyclic) bond motifs is 2. The number of nitrogens with one attached hydrogen (secondary N) is 1. The van der Waals surface area contributed by atoms with Crippen LogP contribution in [0.25, 0.3) is 10.2 Å². The summed E-state index contributed by atoms with van der Waals surface area (Å²) in [6, 6.07) is 2.08. The average Bonchev–Trinajstić information content (AvgIpc) is 3.28. The third kappa shape index (κ3) is 3.86. The highest BCUT2D eigenvalue weighted by Crippen LogP contribution is 2.35. The fourth-order valence-corrected chi connectivity index (χ4v) is 4.50. The molecule has 0 fully saturated rings. The second kappa shape index (κ2) is 7.75. The van der Waals surface area contributed by atoms with E-state index in [1.165, 1.54) is 4.88 Å². The molecule has 0 saturated carbocycles. The van der Waals surface area contributed by atoms with E-state index in [0.29, 0.717) is 31.4 Å². The number of rotatable bonds is 6. The number of anilines is 2. The summed E-state index contributed by atoms with van der Waals surface area (Å²) >= 11 is 1.61. The van der Waals surface area contributed by atoms with Gasteiger partial charge in [0.15, 0.2) is 5.82 Å². The molecule has 12 heteroatoms. The molecule has 29 heavy (non-hydrogen) atoms. The molecule has 0 radical (unpaired) electrons. The molecule has 0 saturated heterocycles. The van der Waals surface area contributed by atoms with E-state index in [-0.39, 0.29) is 18.9 Å². The van der Waals surface area contributed by atoms with Gasteiger partial charge >= 0.3 is 6.18 Å². The van der Waals surface area contributed by atoms with Crippen LogP contribution in [0.5, 0.6) is 0 Å². The summed E-state index contributed by atoms with van der Waals surface area (Å²) in [4.78, 5) is 13.2. The summed E-state index contributed by atoms with van der Waals surface area (Å²) in [7, 11) is 0. The van der Waals surface area contributed by atoms with Gasteiger partial charge in [-0.15, -0.1) is 21.5 Å². The first-order valence-electron chi connectivity index (χ1n) is 9.39. The second-order valence-electron chi connectivity index (χ2n) is 6.78. The lowest BCUT2D eigenvalue weighted by atomic mass is 10.2. The first-order valence-corrected chi connectivity index (χ1v) is 10.2. The molecule has 156 valence electrons. The third-order valence-electron chi connectivity index (χ3n) is 4.65. The zero-order valence-electron chi connectivity index (χ0n) is 15.8. The van der Waals surface area contributed by atoms with E-state index in [4.69, 9.17) is 5.73 Å². The van der Waals surface area contributed by atoms with Gasteiger partial charge in [-0.25, -0.2) is 4.98 Å². The van der Waals surface area contributed by atoms with Crippen molar-refractivity contribution in [1.82, 2.24) is 24.7 Å². The number of halogens is 3. The third-order valence-corrected chi connectivity index (χ3v) is 5.74. The summed E-state index contributed by atoms with van der Waals surface area (Å²) in [6.07, 6.45) is -2.56. The van der Waals surface area contributed by atoms with Crippen LogP contribution in [0.4, 0.5) is 24.9 Å². The number of alkyl halides is 3. The highest BCUT2D eigenvalue weighted by Gasteiger charge is 2.39. The van der Waals surface area contributed by atoms with Crippen LogP contribution in [0, 0.1) is 0 Å². The van der Waals surface area contributed by atoms with Gasteiger partial charge in [0.05, 0.1) is 11.9 Å². The minimum atomic E-state index is -4.52. The zero-order valence-corrected chi connectivity index (χ0v) is 16.6. The minimum absolute atomic E-state index is 0.139. The van der Waals surface area contributed by atoms with E-state index < -0.39 is 12.0 Å². The Hall–Kier alpha value is -2.47.